The molecule has 1 aromatic rings. The molecule has 0 spiro atoms. The predicted molar refractivity (Wildman–Crippen MR) is 54.6 cm³/mol. The first-order valence-corrected chi connectivity index (χ1v) is 4.55. The molecule has 0 aliphatic carbocycles. The van der Waals surface area contributed by atoms with Crippen LogP contribution in [0, 0.1) is 5.82 Å². The second kappa shape index (κ2) is 5.41. The molecule has 15 heavy (non-hydrogen) atoms. The van der Waals surface area contributed by atoms with Crippen LogP contribution in [-0.4, -0.2) is 25.4 Å². The number of rotatable bonds is 5. The highest BCUT2D eigenvalue weighted by Crippen LogP contribution is 2.29. The molecule has 1 rings (SSSR count). The molecule has 0 saturated heterocycles. The SMILES string of the molecule is COc1cc(OCCCO)c(F)cc1N. The van der Waals surface area contributed by atoms with Crippen LogP contribution in [0.4, 0.5) is 10.1 Å². The molecule has 0 atom stereocenters. The number of benzene rings is 1. The first-order chi connectivity index (χ1) is 7.19. The summed E-state index contributed by atoms with van der Waals surface area (Å²) in [5, 5.41) is 8.54. The van der Waals surface area contributed by atoms with Crippen LogP contribution in [0.1, 0.15) is 6.42 Å². The van der Waals surface area contributed by atoms with E-state index in [-0.39, 0.29) is 24.7 Å². The number of aliphatic hydroxyl groups excluding tert-OH is 1. The molecular weight excluding hydrogens is 201 g/mol. The molecule has 0 aliphatic heterocycles. The Bertz CT molecular complexity index is 331. The van der Waals surface area contributed by atoms with Crippen LogP contribution in [0.3, 0.4) is 0 Å². The normalized spacial score (nSPS) is 10.1. The Hall–Kier alpha value is -1.49. The van der Waals surface area contributed by atoms with Crippen LogP contribution in [0.2, 0.25) is 0 Å². The Labute approximate surface area is 87.4 Å². The van der Waals surface area contributed by atoms with Gasteiger partial charge in [-0.15, -0.1) is 0 Å². The number of hydrogen-bond acceptors (Lipinski definition) is 4. The topological polar surface area (TPSA) is 64.7 Å². The van der Waals surface area contributed by atoms with Crippen LogP contribution in [0.5, 0.6) is 11.5 Å². The second-order valence-electron chi connectivity index (χ2n) is 2.95. The van der Waals surface area contributed by atoms with Gasteiger partial charge in [0, 0.05) is 25.2 Å². The van der Waals surface area contributed by atoms with Crippen molar-refractivity contribution in [3.8, 4) is 11.5 Å². The van der Waals surface area contributed by atoms with Crippen LogP contribution < -0.4 is 15.2 Å². The number of hydrogen-bond donors (Lipinski definition) is 2. The van der Waals surface area contributed by atoms with Gasteiger partial charge in [0.15, 0.2) is 11.6 Å². The van der Waals surface area contributed by atoms with Gasteiger partial charge in [-0.05, 0) is 0 Å². The molecule has 0 radical (unpaired) electrons. The average Bonchev–Trinajstić information content (AvgIpc) is 2.21. The summed E-state index contributed by atoms with van der Waals surface area (Å²) in [6.07, 6.45) is 0.451. The molecular formula is C10H14FNO3. The minimum atomic E-state index is -0.536. The van der Waals surface area contributed by atoms with Gasteiger partial charge in [-0.25, -0.2) is 4.39 Å². The highest BCUT2D eigenvalue weighted by Gasteiger charge is 2.09. The Kier molecular flexibility index (Phi) is 4.17. The van der Waals surface area contributed by atoms with E-state index in [1.54, 1.807) is 0 Å². The number of halogens is 1. The Morgan fingerprint density at radius 1 is 1.40 bits per heavy atom. The third-order valence-corrected chi connectivity index (χ3v) is 1.84. The Morgan fingerprint density at radius 3 is 2.73 bits per heavy atom. The van der Waals surface area contributed by atoms with Gasteiger partial charge < -0.3 is 20.3 Å². The van der Waals surface area contributed by atoms with Gasteiger partial charge in [-0.3, -0.25) is 0 Å². The number of ether oxygens (including phenoxy) is 2. The fourth-order valence-electron chi connectivity index (χ4n) is 1.08. The number of aliphatic hydroxyl groups is 1. The first-order valence-electron chi connectivity index (χ1n) is 4.55. The average molecular weight is 215 g/mol. The Morgan fingerprint density at radius 2 is 2.13 bits per heavy atom. The van der Waals surface area contributed by atoms with Crippen LogP contribution >= 0.6 is 0 Å². The summed E-state index contributed by atoms with van der Waals surface area (Å²) >= 11 is 0. The van der Waals surface area contributed by atoms with Gasteiger partial charge in [0.05, 0.1) is 19.4 Å². The number of nitrogens with two attached hydrogens (primary N) is 1. The molecule has 1 aromatic carbocycles. The third-order valence-electron chi connectivity index (χ3n) is 1.84. The highest BCUT2D eigenvalue weighted by molar-refractivity contribution is 5.56. The largest absolute Gasteiger partial charge is 0.494 e. The van der Waals surface area contributed by atoms with Gasteiger partial charge in [0.2, 0.25) is 0 Å². The van der Waals surface area contributed by atoms with Gasteiger partial charge in [0.1, 0.15) is 5.75 Å². The summed E-state index contributed by atoms with van der Waals surface area (Å²) in [4.78, 5) is 0. The van der Waals surface area contributed by atoms with Gasteiger partial charge in [-0.1, -0.05) is 0 Å². The van der Waals surface area contributed by atoms with E-state index in [1.807, 2.05) is 0 Å². The van der Waals surface area contributed by atoms with Gasteiger partial charge in [0.25, 0.3) is 0 Å². The minimum Gasteiger partial charge on any atom is -0.494 e. The molecule has 0 fully saturated rings. The number of anilines is 1. The zero-order valence-electron chi connectivity index (χ0n) is 8.50. The van der Waals surface area contributed by atoms with Crippen molar-refractivity contribution in [1.29, 1.82) is 0 Å². The molecule has 4 nitrogen and oxygen atoms in total. The van der Waals surface area contributed by atoms with Crippen LogP contribution in [-0.2, 0) is 0 Å². The van der Waals surface area contributed by atoms with E-state index in [4.69, 9.17) is 20.3 Å². The maximum Gasteiger partial charge on any atom is 0.167 e. The molecule has 0 heterocycles. The zero-order chi connectivity index (χ0) is 11.3. The second-order valence-corrected chi connectivity index (χ2v) is 2.95. The fourth-order valence-corrected chi connectivity index (χ4v) is 1.08. The zero-order valence-corrected chi connectivity index (χ0v) is 8.50. The fraction of sp³-hybridized carbons (Fsp3) is 0.400. The molecule has 0 bridgehead atoms. The van der Waals surface area contributed by atoms with E-state index in [0.29, 0.717) is 12.2 Å². The molecule has 84 valence electrons. The lowest BCUT2D eigenvalue weighted by Crippen LogP contribution is -2.02. The van der Waals surface area contributed by atoms with E-state index >= 15 is 0 Å². The number of nitrogen functional groups attached to an aromatic ring is 1. The maximum atomic E-state index is 13.3. The molecule has 0 saturated carbocycles. The lowest BCUT2D eigenvalue weighted by Gasteiger charge is -2.10. The van der Waals surface area contributed by atoms with Crippen molar-refractivity contribution in [1.82, 2.24) is 0 Å². The monoisotopic (exact) mass is 215 g/mol. The lowest BCUT2D eigenvalue weighted by atomic mass is 10.2. The highest BCUT2D eigenvalue weighted by atomic mass is 19.1. The van der Waals surface area contributed by atoms with Crippen molar-refractivity contribution in [3.63, 3.8) is 0 Å². The Balaban J connectivity index is 2.78. The quantitative estimate of drug-likeness (QED) is 0.571. The summed E-state index contributed by atoms with van der Waals surface area (Å²) < 4.78 is 23.3. The number of methoxy groups -OCH3 is 1. The first kappa shape index (κ1) is 11.6. The minimum absolute atomic E-state index is 0.00767. The molecule has 0 amide bonds. The maximum absolute atomic E-state index is 13.3. The smallest absolute Gasteiger partial charge is 0.167 e. The molecule has 3 N–H and O–H groups in total. The summed E-state index contributed by atoms with van der Waals surface area (Å²) in [7, 11) is 1.45. The van der Waals surface area contributed by atoms with E-state index in [1.165, 1.54) is 13.2 Å². The van der Waals surface area contributed by atoms with Crippen molar-refractivity contribution in [2.45, 2.75) is 6.42 Å². The molecule has 0 aromatic heterocycles. The van der Waals surface area contributed by atoms with Crippen molar-refractivity contribution < 1.29 is 19.0 Å². The predicted octanol–water partition coefficient (Wildman–Crippen LogP) is 1.18. The molecule has 0 unspecified atom stereocenters. The summed E-state index contributed by atoms with van der Waals surface area (Å²) in [6.45, 7) is 0.258. The summed E-state index contributed by atoms with van der Waals surface area (Å²) in [5.41, 5.74) is 5.72. The van der Waals surface area contributed by atoms with Crippen molar-refractivity contribution >= 4 is 5.69 Å². The summed E-state index contributed by atoms with van der Waals surface area (Å²) in [5.74, 6) is -0.0869. The van der Waals surface area contributed by atoms with E-state index in [0.717, 1.165) is 6.07 Å². The van der Waals surface area contributed by atoms with E-state index in [9.17, 15) is 4.39 Å². The van der Waals surface area contributed by atoms with Crippen molar-refractivity contribution in [2.24, 2.45) is 0 Å². The van der Waals surface area contributed by atoms with E-state index in [2.05, 4.69) is 0 Å². The summed E-state index contributed by atoms with van der Waals surface area (Å²) in [6, 6.07) is 2.54. The van der Waals surface area contributed by atoms with Gasteiger partial charge in [-0.2, -0.15) is 0 Å². The molecule has 5 heteroatoms. The third kappa shape index (κ3) is 2.99. The van der Waals surface area contributed by atoms with Crippen LogP contribution in [0.15, 0.2) is 12.1 Å². The van der Waals surface area contributed by atoms with Gasteiger partial charge >= 0.3 is 0 Å². The van der Waals surface area contributed by atoms with Crippen LogP contribution in [0.25, 0.3) is 0 Å². The van der Waals surface area contributed by atoms with Crippen molar-refractivity contribution in [2.75, 3.05) is 26.1 Å². The molecule has 0 aliphatic rings. The van der Waals surface area contributed by atoms with Crippen molar-refractivity contribution in [3.05, 3.63) is 17.9 Å². The lowest BCUT2D eigenvalue weighted by molar-refractivity contribution is 0.228. The van der Waals surface area contributed by atoms with E-state index < -0.39 is 5.82 Å². The standard InChI is InChI=1S/C10H14FNO3/c1-14-10-6-9(15-4-2-3-13)7(11)5-8(10)12/h5-6,13H,2-4,12H2,1H3.